The molecule has 0 spiro atoms. The second-order valence-electron chi connectivity index (χ2n) is 2.68. The number of carboxylic acids is 3. The Morgan fingerprint density at radius 3 is 0.533 bits per heavy atom. The summed E-state index contributed by atoms with van der Waals surface area (Å²) >= 11 is 5.52. The molecule has 0 saturated heterocycles. The number of carboxylic acid groups (broad SMARTS) is 3. The molecule has 0 atom stereocenters. The molecule has 0 fully saturated rings. The Labute approximate surface area is 227 Å². The van der Waals surface area contributed by atoms with Crippen molar-refractivity contribution in [1.29, 1.82) is 0 Å². The van der Waals surface area contributed by atoms with E-state index in [1.807, 2.05) is 49.5 Å². The molecule has 0 unspecified atom stereocenters. The topological polar surface area (TPSA) is 458 Å². The predicted octanol–water partition coefficient (Wildman–Crippen LogP) is -8.93. The van der Waals surface area contributed by atoms with E-state index in [-0.39, 0.29) is 97.1 Å². The Kier molecular flexibility index (Phi) is 361. The molecule has 30 heavy (non-hydrogen) atoms. The second-order valence-corrected chi connectivity index (χ2v) is 5.83. The van der Waals surface area contributed by atoms with E-state index in [9.17, 15) is 14.4 Å². The van der Waals surface area contributed by atoms with Crippen molar-refractivity contribution in [2.45, 2.75) is 35.0 Å². The Morgan fingerprint density at radius 2 is 0.533 bits per heavy atom. The molecule has 0 heterocycles. The van der Waals surface area contributed by atoms with Crippen molar-refractivity contribution in [2.75, 3.05) is 0 Å². The fraction of sp³-hybridized carbons (Fsp3) is 0.667. The number of carbonyl (C=O) groups is 3. The van der Waals surface area contributed by atoms with Crippen LogP contribution in [-0.4, -0.2) is 143 Å². The van der Waals surface area contributed by atoms with Gasteiger partial charge in [-0.3, -0.25) is 0 Å². The summed E-state index contributed by atoms with van der Waals surface area (Å²) in [4.78, 5) is 28.8. The summed E-state index contributed by atoms with van der Waals surface area (Å²) in [5.74, 6) is -2.13. The SMILES string of the molecule is O.O.O.O.O.O.O.O.O.O.O.O=C(O)C[CH2][Ge].O=C(O)C[CH2][Ge].O=C(O)C[CH2][Ge].[Lu]. The Hall–Kier alpha value is 0.832. The minimum atomic E-state index is -0.711. The maximum Gasteiger partial charge on any atom is 0 e. The minimum Gasteiger partial charge on any atom is 0 e. The first-order valence-electron chi connectivity index (χ1n) is 4.90. The summed E-state index contributed by atoms with van der Waals surface area (Å²) < 4.78 is 0. The Balaban J connectivity index is -0.00000000721. The van der Waals surface area contributed by atoms with Crippen LogP contribution in [0, 0.1) is 36.9 Å². The third kappa shape index (κ3) is 231. The van der Waals surface area contributed by atoms with Crippen molar-refractivity contribution in [1.82, 2.24) is 0 Å². The normalized spacial score (nSPS) is 4.90. The monoisotopic (exact) mass is 814 g/mol. The zero-order chi connectivity index (χ0) is 15.0. The van der Waals surface area contributed by atoms with E-state index in [1.54, 1.807) is 0 Å². The molecule has 0 saturated carbocycles. The van der Waals surface area contributed by atoms with E-state index < -0.39 is 17.9 Å². The van der Waals surface area contributed by atoms with Crippen LogP contribution in [0.15, 0.2) is 0 Å². The van der Waals surface area contributed by atoms with Gasteiger partial charge in [-0.1, -0.05) is 0 Å². The van der Waals surface area contributed by atoms with Crippen molar-refractivity contribution in [3.8, 4) is 0 Å². The molecule has 0 aliphatic carbocycles. The summed E-state index contributed by atoms with van der Waals surface area (Å²) in [5.41, 5.74) is 0. The van der Waals surface area contributed by atoms with Crippen molar-refractivity contribution in [3.63, 3.8) is 0 Å². The molecular weight excluding hydrogens is 773 g/mol. The average Bonchev–Trinajstić information content (AvgIpc) is 2.18. The van der Waals surface area contributed by atoms with Gasteiger partial charge in [0.15, 0.2) is 0 Å². The van der Waals surface area contributed by atoms with Crippen molar-refractivity contribution in [2.24, 2.45) is 0 Å². The number of aliphatic carboxylic acids is 3. The Morgan fingerprint density at radius 1 is 0.433 bits per heavy atom. The molecule has 21 heteroatoms. The molecule has 0 rings (SSSR count). The smallest absolute Gasteiger partial charge is 0 e. The molecule has 202 valence electrons. The van der Waals surface area contributed by atoms with E-state index in [0.29, 0.717) is 19.3 Å². The third-order valence-electron chi connectivity index (χ3n) is 1.02. The van der Waals surface area contributed by atoms with E-state index in [2.05, 4.69) is 0 Å². The van der Waals surface area contributed by atoms with Crippen molar-refractivity contribution >= 4 is 67.5 Å². The maximum atomic E-state index is 9.60. The molecule has 0 aliphatic heterocycles. The second kappa shape index (κ2) is 98.9. The van der Waals surface area contributed by atoms with Crippen molar-refractivity contribution in [3.05, 3.63) is 0 Å². The molecular formula is C9H37Ge3LuO17. The number of hydrogen-bond acceptors (Lipinski definition) is 3. The maximum absolute atomic E-state index is 9.60. The van der Waals surface area contributed by atoms with Gasteiger partial charge in [-0.2, -0.15) is 0 Å². The standard InChI is InChI=1S/3C3H5GeO2.Lu.11H2O/c3*4-2-1-3(5)6;;;;;;;;;;;;/h3*1-2H2,(H,5,6);;11*1H2. The molecule has 25 N–H and O–H groups in total. The van der Waals surface area contributed by atoms with Gasteiger partial charge in [0.05, 0.1) is 0 Å². The molecule has 10 radical (unpaired) electrons. The molecule has 0 aromatic carbocycles. The largest absolute Gasteiger partial charge is 0 e. The summed E-state index contributed by atoms with van der Waals surface area (Å²) in [6.45, 7) is 0. The van der Waals surface area contributed by atoms with Crippen LogP contribution in [0.3, 0.4) is 0 Å². The van der Waals surface area contributed by atoms with Crippen LogP contribution in [0.25, 0.3) is 0 Å². The molecule has 0 aromatic heterocycles. The summed E-state index contributed by atoms with van der Waals surface area (Å²) in [5, 5.41) is 25.9. The van der Waals surface area contributed by atoms with E-state index in [1.165, 1.54) is 0 Å². The van der Waals surface area contributed by atoms with Gasteiger partial charge in [0.1, 0.15) is 0 Å². The first-order valence-corrected chi connectivity index (χ1v) is 9.36. The van der Waals surface area contributed by atoms with Crippen LogP contribution in [-0.2, 0) is 14.4 Å². The van der Waals surface area contributed by atoms with Gasteiger partial charge < -0.3 is 60.2 Å². The molecule has 0 amide bonds. The van der Waals surface area contributed by atoms with Crippen LogP contribution in [0.4, 0.5) is 0 Å². The quantitative estimate of drug-likeness (QED) is 0.219. The number of rotatable bonds is 6. The van der Waals surface area contributed by atoms with Crippen LogP contribution in [0.5, 0.6) is 0 Å². The van der Waals surface area contributed by atoms with Crippen LogP contribution in [0.1, 0.15) is 19.3 Å². The van der Waals surface area contributed by atoms with Gasteiger partial charge >= 0.3 is 132 Å². The fourth-order valence-corrected chi connectivity index (χ4v) is 1.67. The zero-order valence-corrected chi connectivity index (χ0v) is 23.5. The van der Waals surface area contributed by atoms with E-state index in [4.69, 9.17) is 15.3 Å². The molecule has 0 aromatic rings. The average molecular weight is 810 g/mol. The first-order chi connectivity index (χ1) is 8.31. The molecule has 17 nitrogen and oxygen atoms in total. The van der Waals surface area contributed by atoms with Crippen LogP contribution in [0.2, 0.25) is 15.8 Å². The first kappa shape index (κ1) is 109. The van der Waals surface area contributed by atoms with Gasteiger partial charge in [-0.15, -0.1) is 0 Å². The fourth-order valence-electron chi connectivity index (χ4n) is 0.321. The van der Waals surface area contributed by atoms with E-state index >= 15 is 0 Å². The van der Waals surface area contributed by atoms with Gasteiger partial charge in [-0.25, -0.2) is 0 Å². The van der Waals surface area contributed by atoms with Gasteiger partial charge in [0.25, 0.3) is 0 Å². The van der Waals surface area contributed by atoms with Gasteiger partial charge in [0, 0.05) is 36.9 Å². The predicted molar refractivity (Wildman–Crippen MR) is 108 cm³/mol. The van der Waals surface area contributed by atoms with Gasteiger partial charge in [0.2, 0.25) is 0 Å². The van der Waals surface area contributed by atoms with Crippen LogP contribution < -0.4 is 0 Å². The van der Waals surface area contributed by atoms with Crippen molar-refractivity contribution < 1.29 is 127 Å². The third-order valence-corrected chi connectivity index (χ3v) is 2.59. The van der Waals surface area contributed by atoms with E-state index in [0.717, 1.165) is 15.8 Å². The summed E-state index contributed by atoms with van der Waals surface area (Å²) in [6, 6.07) is 0. The summed E-state index contributed by atoms with van der Waals surface area (Å²) in [7, 11) is 0. The van der Waals surface area contributed by atoms with Crippen LogP contribution >= 0.6 is 0 Å². The Bertz CT molecular complexity index is 214. The number of hydrogen-bond donors (Lipinski definition) is 3. The van der Waals surface area contributed by atoms with Gasteiger partial charge in [-0.05, 0) is 0 Å². The molecule has 0 aliphatic rings. The zero-order valence-electron chi connectivity index (χ0n) is 15.6. The minimum absolute atomic E-state index is 0. The molecule has 0 bridgehead atoms. The summed E-state index contributed by atoms with van der Waals surface area (Å²) in [6.07, 6.45) is 0.875.